The number of aryl methyl sites for hydroxylation is 1. The second-order valence-electron chi connectivity index (χ2n) is 8.89. The van der Waals surface area contributed by atoms with Crippen LogP contribution in [-0.2, 0) is 9.59 Å². The minimum atomic E-state index is -0.237. The van der Waals surface area contributed by atoms with Gasteiger partial charge < -0.3 is 4.90 Å². The van der Waals surface area contributed by atoms with Gasteiger partial charge >= 0.3 is 0 Å². The molecule has 1 N–H and O–H groups in total. The topological polar surface area (TPSA) is 67.2 Å². The summed E-state index contributed by atoms with van der Waals surface area (Å²) in [6.07, 6.45) is 4.18. The van der Waals surface area contributed by atoms with Crippen molar-refractivity contribution in [2.45, 2.75) is 33.6 Å². The zero-order valence-corrected chi connectivity index (χ0v) is 18.9. The van der Waals surface area contributed by atoms with Crippen LogP contribution in [0.1, 0.15) is 32.3 Å². The van der Waals surface area contributed by atoms with Gasteiger partial charge in [0, 0.05) is 29.9 Å². The average Bonchev–Trinajstić information content (AvgIpc) is 3.50. The molecule has 166 valence electrons. The van der Waals surface area contributed by atoms with Gasteiger partial charge in [0.15, 0.2) is 0 Å². The molecule has 0 spiro atoms. The van der Waals surface area contributed by atoms with Crippen LogP contribution in [0.2, 0.25) is 0 Å². The predicted molar refractivity (Wildman–Crippen MR) is 127 cm³/mol. The number of nitrogens with one attached hydrogen (secondary N) is 1. The van der Waals surface area contributed by atoms with Crippen molar-refractivity contribution in [1.29, 1.82) is 0 Å². The second-order valence-corrected chi connectivity index (χ2v) is 8.89. The van der Waals surface area contributed by atoms with Gasteiger partial charge in [0.1, 0.15) is 0 Å². The molecule has 1 aromatic heterocycles. The maximum absolute atomic E-state index is 13.0. The van der Waals surface area contributed by atoms with E-state index in [2.05, 4.69) is 5.32 Å². The monoisotopic (exact) mass is 430 g/mol. The zero-order chi connectivity index (χ0) is 22.7. The van der Waals surface area contributed by atoms with Crippen molar-refractivity contribution in [3.63, 3.8) is 0 Å². The number of aromatic nitrogens is 2. The largest absolute Gasteiger partial charge is 0.333 e. The molecule has 0 bridgehead atoms. The second kappa shape index (κ2) is 9.39. The molecule has 2 aromatic carbocycles. The van der Waals surface area contributed by atoms with Crippen LogP contribution >= 0.6 is 0 Å². The third kappa shape index (κ3) is 5.25. The smallest absolute Gasteiger partial charge is 0.246 e. The van der Waals surface area contributed by atoms with E-state index in [4.69, 9.17) is 4.98 Å². The van der Waals surface area contributed by atoms with E-state index in [1.807, 2.05) is 86.1 Å². The number of nitrogens with zero attached hydrogens (tertiary/aromatic N) is 3. The standard InChI is InChI=1S/C26H30N4O2/c1-18(2)25(32)29(15-20-12-13-20)17-24(31)28-26-27-23(21-9-5-4-6-10-21)16-30(26)22-11-7-8-19(3)14-22/h4-11,14,16,18,20H,12-13,15,17H2,1-3H3,(H,27,28,31). The Hall–Kier alpha value is -3.41. The lowest BCUT2D eigenvalue weighted by molar-refractivity contribution is -0.137. The molecule has 1 fully saturated rings. The number of anilines is 1. The molecule has 32 heavy (non-hydrogen) atoms. The van der Waals surface area contributed by atoms with Gasteiger partial charge in [-0.15, -0.1) is 0 Å². The summed E-state index contributed by atoms with van der Waals surface area (Å²) in [5.74, 6) is 0.602. The molecule has 0 atom stereocenters. The molecule has 0 radical (unpaired) electrons. The van der Waals surface area contributed by atoms with Gasteiger partial charge in [0.2, 0.25) is 17.8 Å². The summed E-state index contributed by atoms with van der Waals surface area (Å²) in [5.41, 5.74) is 3.78. The summed E-state index contributed by atoms with van der Waals surface area (Å²) in [5, 5.41) is 2.96. The number of imidazole rings is 1. The van der Waals surface area contributed by atoms with Crippen molar-refractivity contribution < 1.29 is 9.59 Å². The van der Waals surface area contributed by atoms with E-state index in [0.29, 0.717) is 18.4 Å². The van der Waals surface area contributed by atoms with E-state index in [1.165, 1.54) is 0 Å². The quantitative estimate of drug-likeness (QED) is 0.564. The van der Waals surface area contributed by atoms with E-state index >= 15 is 0 Å². The van der Waals surface area contributed by atoms with Crippen LogP contribution in [-0.4, -0.2) is 39.4 Å². The Bertz CT molecular complexity index is 1100. The van der Waals surface area contributed by atoms with Crippen molar-refractivity contribution in [2.24, 2.45) is 11.8 Å². The SMILES string of the molecule is Cc1cccc(-n2cc(-c3ccccc3)nc2NC(=O)CN(CC2CC2)C(=O)C(C)C)c1. The number of rotatable bonds is 8. The van der Waals surface area contributed by atoms with E-state index in [-0.39, 0.29) is 24.3 Å². The third-order valence-corrected chi connectivity index (χ3v) is 5.62. The maximum atomic E-state index is 13.0. The highest BCUT2D eigenvalue weighted by Gasteiger charge is 2.29. The van der Waals surface area contributed by atoms with Gasteiger partial charge in [-0.25, -0.2) is 4.98 Å². The van der Waals surface area contributed by atoms with Crippen LogP contribution in [0.4, 0.5) is 5.95 Å². The Morgan fingerprint density at radius 2 is 1.88 bits per heavy atom. The van der Waals surface area contributed by atoms with Crippen LogP contribution in [0.5, 0.6) is 0 Å². The molecule has 1 aliphatic carbocycles. The summed E-state index contributed by atoms with van der Waals surface area (Å²) in [4.78, 5) is 32.0. The van der Waals surface area contributed by atoms with Crippen molar-refractivity contribution in [3.05, 3.63) is 66.4 Å². The predicted octanol–water partition coefficient (Wildman–Crippen LogP) is 4.68. The minimum Gasteiger partial charge on any atom is -0.333 e. The lowest BCUT2D eigenvalue weighted by Crippen LogP contribution is -2.41. The number of carbonyl (C=O) groups excluding carboxylic acids is 2. The number of benzene rings is 2. The molecule has 4 rings (SSSR count). The maximum Gasteiger partial charge on any atom is 0.246 e. The first-order valence-corrected chi connectivity index (χ1v) is 11.2. The molecule has 6 nitrogen and oxygen atoms in total. The van der Waals surface area contributed by atoms with Gasteiger partial charge in [-0.1, -0.05) is 56.3 Å². The first kappa shape index (κ1) is 21.8. The Labute approximate surface area is 189 Å². The first-order valence-electron chi connectivity index (χ1n) is 11.2. The number of hydrogen-bond donors (Lipinski definition) is 1. The molecule has 2 amide bonds. The Kier molecular flexibility index (Phi) is 6.40. The van der Waals surface area contributed by atoms with Gasteiger partial charge in [-0.05, 0) is 43.4 Å². The zero-order valence-electron chi connectivity index (χ0n) is 18.9. The van der Waals surface area contributed by atoms with Gasteiger partial charge in [0.05, 0.1) is 12.2 Å². The molecule has 1 saturated carbocycles. The Morgan fingerprint density at radius 3 is 2.53 bits per heavy atom. The average molecular weight is 431 g/mol. The summed E-state index contributed by atoms with van der Waals surface area (Å²) >= 11 is 0. The van der Waals surface area contributed by atoms with E-state index < -0.39 is 0 Å². The fraction of sp³-hybridized carbons (Fsp3) is 0.346. The molecular weight excluding hydrogens is 400 g/mol. The number of carbonyl (C=O) groups is 2. The van der Waals surface area contributed by atoms with Crippen LogP contribution < -0.4 is 5.32 Å². The molecule has 1 aliphatic rings. The minimum absolute atomic E-state index is 0.0130. The lowest BCUT2D eigenvalue weighted by Gasteiger charge is -2.24. The van der Waals surface area contributed by atoms with Gasteiger partial charge in [-0.2, -0.15) is 0 Å². The fourth-order valence-electron chi connectivity index (χ4n) is 3.74. The summed E-state index contributed by atoms with van der Waals surface area (Å²) < 4.78 is 1.89. The van der Waals surface area contributed by atoms with Crippen LogP contribution in [0, 0.1) is 18.8 Å². The highest BCUT2D eigenvalue weighted by molar-refractivity contribution is 5.94. The van der Waals surface area contributed by atoms with Crippen molar-refractivity contribution in [2.75, 3.05) is 18.4 Å². The highest BCUT2D eigenvalue weighted by atomic mass is 16.2. The lowest BCUT2D eigenvalue weighted by atomic mass is 10.2. The third-order valence-electron chi connectivity index (χ3n) is 5.62. The Balaban J connectivity index is 1.60. The van der Waals surface area contributed by atoms with Crippen molar-refractivity contribution in [3.8, 4) is 16.9 Å². The normalized spacial score (nSPS) is 13.2. The van der Waals surface area contributed by atoms with E-state index in [9.17, 15) is 9.59 Å². The molecule has 0 saturated heterocycles. The molecule has 1 heterocycles. The fourth-order valence-corrected chi connectivity index (χ4v) is 3.74. The van der Waals surface area contributed by atoms with Crippen LogP contribution in [0.25, 0.3) is 16.9 Å². The molecule has 0 aliphatic heterocycles. The Morgan fingerprint density at radius 1 is 1.12 bits per heavy atom. The number of amides is 2. The van der Waals surface area contributed by atoms with Crippen molar-refractivity contribution >= 4 is 17.8 Å². The molecule has 0 unspecified atom stereocenters. The number of hydrogen-bond acceptors (Lipinski definition) is 3. The highest BCUT2D eigenvalue weighted by Crippen LogP contribution is 2.30. The molecule has 6 heteroatoms. The summed E-state index contributed by atoms with van der Waals surface area (Å²) in [7, 11) is 0. The molecular formula is C26H30N4O2. The van der Waals surface area contributed by atoms with Crippen molar-refractivity contribution in [1.82, 2.24) is 14.5 Å². The first-order chi connectivity index (χ1) is 15.4. The van der Waals surface area contributed by atoms with Crippen LogP contribution in [0.3, 0.4) is 0 Å². The summed E-state index contributed by atoms with van der Waals surface area (Å²) in [6.45, 7) is 6.46. The van der Waals surface area contributed by atoms with E-state index in [1.54, 1.807) is 4.90 Å². The van der Waals surface area contributed by atoms with Gasteiger partial charge in [-0.3, -0.25) is 19.5 Å². The molecule has 3 aromatic rings. The van der Waals surface area contributed by atoms with Crippen LogP contribution in [0.15, 0.2) is 60.8 Å². The van der Waals surface area contributed by atoms with Gasteiger partial charge in [0.25, 0.3) is 0 Å². The van der Waals surface area contributed by atoms with E-state index in [0.717, 1.165) is 35.3 Å². The summed E-state index contributed by atoms with van der Waals surface area (Å²) in [6, 6.07) is 17.9.